The molecule has 0 aliphatic carbocycles. The van der Waals surface area contributed by atoms with Gasteiger partial charge in [0.1, 0.15) is 12.7 Å². The van der Waals surface area contributed by atoms with Crippen LogP contribution in [0.4, 0.5) is 5.69 Å². The highest BCUT2D eigenvalue weighted by atomic mass is 16.1. The van der Waals surface area contributed by atoms with Gasteiger partial charge in [-0.25, -0.2) is 4.68 Å². The van der Waals surface area contributed by atoms with E-state index in [1.165, 1.54) is 11.0 Å². The molecule has 0 atom stereocenters. The van der Waals surface area contributed by atoms with Crippen molar-refractivity contribution in [3.63, 3.8) is 0 Å². The fourth-order valence-corrected chi connectivity index (χ4v) is 1.28. The molecular formula is C10H8N6O. The van der Waals surface area contributed by atoms with Crippen LogP contribution in [-0.4, -0.2) is 26.1 Å². The van der Waals surface area contributed by atoms with E-state index in [-0.39, 0.29) is 12.3 Å². The van der Waals surface area contributed by atoms with Crippen LogP contribution < -0.4 is 5.32 Å². The first kappa shape index (κ1) is 10.8. The van der Waals surface area contributed by atoms with Crippen LogP contribution in [0.5, 0.6) is 0 Å². The number of aromatic nitrogens is 4. The quantitative estimate of drug-likeness (QED) is 0.825. The van der Waals surface area contributed by atoms with E-state index in [1.807, 2.05) is 0 Å². The molecule has 0 aliphatic rings. The maximum absolute atomic E-state index is 11.2. The monoisotopic (exact) mass is 228 g/mol. The molecular weight excluding hydrogens is 220 g/mol. The fraction of sp³-hybridized carbons (Fsp3) is 0.100. The molecule has 0 saturated carbocycles. The predicted octanol–water partition coefficient (Wildman–Crippen LogP) is 0.514. The molecule has 1 aromatic carbocycles. The lowest BCUT2D eigenvalue weighted by Gasteiger charge is -2.04. The number of nitrogens with one attached hydrogen (secondary N) is 1. The molecule has 0 fully saturated rings. The lowest BCUT2D eigenvalue weighted by atomic mass is 10.2. The Balaban J connectivity index is 2.18. The van der Waals surface area contributed by atoms with Crippen molar-refractivity contribution in [2.75, 3.05) is 5.32 Å². The van der Waals surface area contributed by atoms with Crippen molar-refractivity contribution in [3.8, 4) is 11.8 Å². The molecule has 7 heteroatoms. The molecule has 1 N–H and O–H groups in total. The Labute approximate surface area is 96.7 Å². The highest BCUT2D eigenvalue weighted by Crippen LogP contribution is 2.13. The summed E-state index contributed by atoms with van der Waals surface area (Å²) in [7, 11) is 0. The van der Waals surface area contributed by atoms with Crippen molar-refractivity contribution in [3.05, 3.63) is 30.6 Å². The number of rotatable bonds is 3. The minimum atomic E-state index is -0.346. The zero-order chi connectivity index (χ0) is 12.1. The summed E-state index contributed by atoms with van der Waals surface area (Å²) < 4.78 is 1.47. The average Bonchev–Trinajstić information content (AvgIpc) is 2.83. The van der Waals surface area contributed by atoms with Gasteiger partial charge < -0.3 is 5.32 Å². The van der Waals surface area contributed by atoms with Gasteiger partial charge in [-0.1, -0.05) is 6.07 Å². The number of hydrogen-bond donors (Lipinski definition) is 1. The van der Waals surface area contributed by atoms with Crippen LogP contribution in [0.25, 0.3) is 5.69 Å². The standard InChI is InChI=1S/C10H8N6O/c11-5-4-10(17)13-8-2-1-3-9(6-8)16-7-12-14-15-16/h1-3,6-7H,4H2,(H,13,17). The van der Waals surface area contributed by atoms with Gasteiger partial charge in [-0.15, -0.1) is 5.10 Å². The minimum absolute atomic E-state index is 0.172. The van der Waals surface area contributed by atoms with Crippen molar-refractivity contribution in [1.29, 1.82) is 5.26 Å². The Morgan fingerprint density at radius 3 is 3.12 bits per heavy atom. The third kappa shape index (κ3) is 2.63. The summed E-state index contributed by atoms with van der Waals surface area (Å²) in [4.78, 5) is 11.2. The van der Waals surface area contributed by atoms with E-state index < -0.39 is 0 Å². The third-order valence-corrected chi connectivity index (χ3v) is 1.98. The van der Waals surface area contributed by atoms with E-state index >= 15 is 0 Å². The second-order valence-corrected chi connectivity index (χ2v) is 3.19. The number of amides is 1. The molecule has 0 aliphatic heterocycles. The number of carbonyl (C=O) groups excluding carboxylic acids is 1. The van der Waals surface area contributed by atoms with Crippen molar-refractivity contribution in [2.24, 2.45) is 0 Å². The van der Waals surface area contributed by atoms with Crippen LogP contribution in [0.2, 0.25) is 0 Å². The lowest BCUT2D eigenvalue weighted by molar-refractivity contribution is -0.115. The first-order chi connectivity index (χ1) is 8.29. The zero-order valence-corrected chi connectivity index (χ0v) is 8.74. The topological polar surface area (TPSA) is 96.5 Å². The summed E-state index contributed by atoms with van der Waals surface area (Å²) >= 11 is 0. The number of anilines is 1. The van der Waals surface area contributed by atoms with Crippen LogP contribution >= 0.6 is 0 Å². The van der Waals surface area contributed by atoms with Gasteiger partial charge in [-0.05, 0) is 28.6 Å². The van der Waals surface area contributed by atoms with E-state index in [0.717, 1.165) is 5.69 Å². The second kappa shape index (κ2) is 4.85. The maximum Gasteiger partial charge on any atom is 0.238 e. The summed E-state index contributed by atoms with van der Waals surface area (Å²) in [6, 6.07) is 8.78. The molecule has 2 aromatic rings. The van der Waals surface area contributed by atoms with Gasteiger partial charge in [0.05, 0.1) is 11.8 Å². The zero-order valence-electron chi connectivity index (χ0n) is 8.74. The van der Waals surface area contributed by atoms with E-state index in [2.05, 4.69) is 20.8 Å². The summed E-state index contributed by atoms with van der Waals surface area (Å²) in [5.74, 6) is -0.346. The molecule has 0 bridgehead atoms. The highest BCUT2D eigenvalue weighted by molar-refractivity contribution is 5.92. The number of carbonyl (C=O) groups is 1. The first-order valence-electron chi connectivity index (χ1n) is 4.80. The number of hydrogen-bond acceptors (Lipinski definition) is 5. The van der Waals surface area contributed by atoms with Crippen molar-refractivity contribution in [1.82, 2.24) is 20.2 Å². The SMILES string of the molecule is N#CCC(=O)Nc1cccc(-n2cnnn2)c1. The summed E-state index contributed by atoms with van der Waals surface area (Å²) in [6.07, 6.45) is 1.28. The first-order valence-corrected chi connectivity index (χ1v) is 4.80. The summed E-state index contributed by atoms with van der Waals surface area (Å²) in [5, 5.41) is 21.8. The van der Waals surface area contributed by atoms with Crippen LogP contribution in [0, 0.1) is 11.3 Å². The average molecular weight is 228 g/mol. The molecule has 17 heavy (non-hydrogen) atoms. The van der Waals surface area contributed by atoms with Crippen molar-refractivity contribution < 1.29 is 4.79 Å². The molecule has 7 nitrogen and oxygen atoms in total. The molecule has 0 saturated heterocycles. The fourth-order valence-electron chi connectivity index (χ4n) is 1.28. The molecule has 1 amide bonds. The van der Waals surface area contributed by atoms with E-state index in [1.54, 1.807) is 30.3 Å². The summed E-state index contributed by atoms with van der Waals surface area (Å²) in [5.41, 5.74) is 1.32. The van der Waals surface area contributed by atoms with Gasteiger partial charge in [0.25, 0.3) is 0 Å². The third-order valence-electron chi connectivity index (χ3n) is 1.98. The number of tetrazole rings is 1. The molecule has 2 rings (SSSR count). The molecule has 0 spiro atoms. The Kier molecular flexibility index (Phi) is 3.07. The Hall–Kier alpha value is -2.75. The normalized spacial score (nSPS) is 9.59. The smallest absolute Gasteiger partial charge is 0.238 e. The molecule has 84 valence electrons. The van der Waals surface area contributed by atoms with E-state index in [9.17, 15) is 4.79 Å². The molecule has 0 unspecified atom stereocenters. The largest absolute Gasteiger partial charge is 0.325 e. The number of nitriles is 1. The minimum Gasteiger partial charge on any atom is -0.325 e. The highest BCUT2D eigenvalue weighted by Gasteiger charge is 2.03. The predicted molar refractivity (Wildman–Crippen MR) is 58.0 cm³/mol. The second-order valence-electron chi connectivity index (χ2n) is 3.19. The Bertz CT molecular complexity index is 556. The number of benzene rings is 1. The van der Waals surface area contributed by atoms with Crippen molar-refractivity contribution >= 4 is 11.6 Å². The van der Waals surface area contributed by atoms with Crippen LogP contribution in [0.3, 0.4) is 0 Å². The maximum atomic E-state index is 11.2. The van der Waals surface area contributed by atoms with Crippen LogP contribution in [-0.2, 0) is 4.79 Å². The van der Waals surface area contributed by atoms with E-state index in [4.69, 9.17) is 5.26 Å². The summed E-state index contributed by atoms with van der Waals surface area (Å²) in [6.45, 7) is 0. The van der Waals surface area contributed by atoms with Gasteiger partial charge in [0, 0.05) is 5.69 Å². The number of nitrogens with zero attached hydrogens (tertiary/aromatic N) is 5. The van der Waals surface area contributed by atoms with Gasteiger partial charge >= 0.3 is 0 Å². The molecule has 0 radical (unpaired) electrons. The molecule has 1 aromatic heterocycles. The van der Waals surface area contributed by atoms with E-state index in [0.29, 0.717) is 5.69 Å². The molecule has 1 heterocycles. The van der Waals surface area contributed by atoms with Crippen molar-refractivity contribution in [2.45, 2.75) is 6.42 Å². The van der Waals surface area contributed by atoms with Gasteiger partial charge in [-0.3, -0.25) is 4.79 Å². The van der Waals surface area contributed by atoms with Gasteiger partial charge in [-0.2, -0.15) is 5.26 Å². The van der Waals surface area contributed by atoms with Gasteiger partial charge in [0.15, 0.2) is 0 Å². The van der Waals surface area contributed by atoms with Crippen LogP contribution in [0.15, 0.2) is 30.6 Å². The van der Waals surface area contributed by atoms with Crippen LogP contribution in [0.1, 0.15) is 6.42 Å². The van der Waals surface area contributed by atoms with Gasteiger partial charge in [0.2, 0.25) is 5.91 Å². The Morgan fingerprint density at radius 2 is 2.41 bits per heavy atom. The Morgan fingerprint density at radius 1 is 1.53 bits per heavy atom. The lowest BCUT2D eigenvalue weighted by Crippen LogP contribution is -2.10.